The van der Waals surface area contributed by atoms with Crippen LogP contribution in [0.4, 0.5) is 11.4 Å². The number of benzene rings is 2. The van der Waals surface area contributed by atoms with Gasteiger partial charge in [-0.05, 0) is 31.0 Å². The van der Waals surface area contributed by atoms with Gasteiger partial charge in [0.15, 0.2) is 0 Å². The van der Waals surface area contributed by atoms with Gasteiger partial charge in [-0.1, -0.05) is 31.0 Å². The molecule has 0 spiro atoms. The molecule has 0 aromatic heterocycles. The number of nitrogens with one attached hydrogen (secondary N) is 1. The highest BCUT2D eigenvalue weighted by molar-refractivity contribution is 8.00. The highest BCUT2D eigenvalue weighted by atomic mass is 32.2. The van der Waals surface area contributed by atoms with E-state index in [4.69, 9.17) is 9.47 Å². The van der Waals surface area contributed by atoms with Crippen LogP contribution in [0.15, 0.2) is 42.5 Å². The van der Waals surface area contributed by atoms with Crippen LogP contribution in [0.1, 0.15) is 36.6 Å². The number of thioether (sulfide) groups is 1. The normalized spacial score (nSPS) is 19.2. The third kappa shape index (κ3) is 3.99. The van der Waals surface area contributed by atoms with Gasteiger partial charge in [-0.15, -0.1) is 11.8 Å². The van der Waals surface area contributed by atoms with Crippen molar-refractivity contribution in [3.63, 3.8) is 0 Å². The first-order chi connectivity index (χ1) is 14.6. The van der Waals surface area contributed by atoms with Crippen molar-refractivity contribution < 1.29 is 19.1 Å². The first-order valence-corrected chi connectivity index (χ1v) is 11.2. The standard InChI is InChI=1S/C23H26N2O4S/c1-28-16-11-12-19(20(13-16)29-2)25-21(26)14-30-23(25)17-9-5-6-10-18(17)24-22(27)15-7-3-4-8-15/h5-6,9-13,15,23H,3-4,7-8,14H2,1-2H3,(H,24,27)/t23-/m0/s1. The maximum absolute atomic E-state index is 12.9. The summed E-state index contributed by atoms with van der Waals surface area (Å²) in [6.07, 6.45) is 4.11. The molecule has 158 valence electrons. The van der Waals surface area contributed by atoms with Gasteiger partial charge in [0.05, 0.1) is 25.7 Å². The summed E-state index contributed by atoms with van der Waals surface area (Å²) in [7, 11) is 3.17. The number of hydrogen-bond acceptors (Lipinski definition) is 5. The predicted molar refractivity (Wildman–Crippen MR) is 119 cm³/mol. The second-order valence-electron chi connectivity index (χ2n) is 7.52. The van der Waals surface area contributed by atoms with Crippen LogP contribution in [0.2, 0.25) is 0 Å². The molecule has 4 rings (SSSR count). The topological polar surface area (TPSA) is 67.9 Å². The molecule has 2 aliphatic rings. The lowest BCUT2D eigenvalue weighted by Gasteiger charge is -2.27. The fourth-order valence-corrected chi connectivity index (χ4v) is 5.35. The average molecular weight is 427 g/mol. The van der Waals surface area contributed by atoms with Crippen molar-refractivity contribution in [1.29, 1.82) is 0 Å². The van der Waals surface area contributed by atoms with Crippen LogP contribution in [-0.4, -0.2) is 31.8 Å². The Morgan fingerprint density at radius 2 is 1.87 bits per heavy atom. The lowest BCUT2D eigenvalue weighted by Crippen LogP contribution is -2.29. The Morgan fingerprint density at radius 1 is 1.10 bits per heavy atom. The van der Waals surface area contributed by atoms with E-state index in [1.54, 1.807) is 36.9 Å². The number of methoxy groups -OCH3 is 2. The Bertz CT molecular complexity index is 943. The minimum atomic E-state index is -0.250. The summed E-state index contributed by atoms with van der Waals surface area (Å²) in [6, 6.07) is 13.2. The quantitative estimate of drug-likeness (QED) is 0.731. The van der Waals surface area contributed by atoms with Gasteiger partial charge in [0.2, 0.25) is 11.8 Å². The van der Waals surface area contributed by atoms with Crippen molar-refractivity contribution in [3.8, 4) is 11.5 Å². The van der Waals surface area contributed by atoms with Crippen molar-refractivity contribution >= 4 is 35.0 Å². The monoisotopic (exact) mass is 426 g/mol. The Labute approximate surface area is 180 Å². The van der Waals surface area contributed by atoms with Crippen LogP contribution >= 0.6 is 11.8 Å². The molecule has 0 unspecified atom stereocenters. The van der Waals surface area contributed by atoms with Gasteiger partial charge in [-0.3, -0.25) is 14.5 Å². The summed E-state index contributed by atoms with van der Waals surface area (Å²) < 4.78 is 10.8. The van der Waals surface area contributed by atoms with Crippen LogP contribution in [0.25, 0.3) is 0 Å². The summed E-state index contributed by atoms with van der Waals surface area (Å²) in [5.41, 5.74) is 2.37. The Hall–Kier alpha value is -2.67. The Balaban J connectivity index is 1.67. The van der Waals surface area contributed by atoms with Gasteiger partial charge in [0, 0.05) is 23.2 Å². The molecule has 1 aliphatic carbocycles. The number of hydrogen-bond donors (Lipinski definition) is 1. The average Bonchev–Trinajstić information content (AvgIpc) is 3.44. The number of ether oxygens (including phenoxy) is 2. The summed E-state index contributed by atoms with van der Waals surface area (Å²) in [5, 5.41) is 2.87. The first kappa shape index (κ1) is 20.6. The van der Waals surface area contributed by atoms with Crippen LogP contribution in [-0.2, 0) is 9.59 Å². The maximum Gasteiger partial charge on any atom is 0.238 e. The number of carbonyl (C=O) groups is 2. The zero-order chi connectivity index (χ0) is 21.1. The minimum absolute atomic E-state index is 0.00499. The Morgan fingerprint density at radius 3 is 2.60 bits per heavy atom. The van der Waals surface area contributed by atoms with Crippen LogP contribution in [0.3, 0.4) is 0 Å². The fourth-order valence-electron chi connectivity index (χ4n) is 4.15. The number of amides is 2. The van der Waals surface area contributed by atoms with E-state index in [9.17, 15) is 9.59 Å². The fraction of sp³-hybridized carbons (Fsp3) is 0.391. The molecule has 0 bridgehead atoms. The minimum Gasteiger partial charge on any atom is -0.497 e. The second-order valence-corrected chi connectivity index (χ2v) is 8.59. The van der Waals surface area contributed by atoms with Crippen LogP contribution in [0.5, 0.6) is 11.5 Å². The van der Waals surface area contributed by atoms with Crippen molar-refractivity contribution in [2.75, 3.05) is 30.2 Å². The molecule has 2 aromatic carbocycles. The van der Waals surface area contributed by atoms with Crippen molar-refractivity contribution in [2.24, 2.45) is 5.92 Å². The lowest BCUT2D eigenvalue weighted by molar-refractivity contribution is -0.119. The van der Waals surface area contributed by atoms with E-state index in [0.717, 1.165) is 36.9 Å². The highest BCUT2D eigenvalue weighted by Crippen LogP contribution is 2.47. The van der Waals surface area contributed by atoms with E-state index < -0.39 is 0 Å². The zero-order valence-corrected chi connectivity index (χ0v) is 18.0. The largest absolute Gasteiger partial charge is 0.497 e. The first-order valence-electron chi connectivity index (χ1n) is 10.2. The van der Waals surface area contributed by atoms with Gasteiger partial charge >= 0.3 is 0 Å². The third-order valence-corrected chi connectivity index (χ3v) is 6.92. The number of para-hydroxylation sites is 1. The van der Waals surface area contributed by atoms with Crippen molar-refractivity contribution in [3.05, 3.63) is 48.0 Å². The van der Waals surface area contributed by atoms with Crippen LogP contribution in [0, 0.1) is 5.92 Å². The Kier molecular flexibility index (Phi) is 6.18. The van der Waals surface area contributed by atoms with Crippen molar-refractivity contribution in [1.82, 2.24) is 0 Å². The van der Waals surface area contributed by atoms with E-state index in [1.807, 2.05) is 36.4 Å². The van der Waals surface area contributed by atoms with E-state index in [-0.39, 0.29) is 23.1 Å². The second kappa shape index (κ2) is 9.00. The van der Waals surface area contributed by atoms with E-state index >= 15 is 0 Å². The van der Waals surface area contributed by atoms with Gasteiger partial charge in [-0.25, -0.2) is 0 Å². The van der Waals surface area contributed by atoms with Gasteiger partial charge in [0.25, 0.3) is 0 Å². The summed E-state index contributed by atoms with van der Waals surface area (Å²) in [5.74, 6) is 1.75. The molecule has 1 N–H and O–H groups in total. The highest BCUT2D eigenvalue weighted by Gasteiger charge is 2.37. The summed E-state index contributed by atoms with van der Waals surface area (Å²) in [4.78, 5) is 27.3. The molecule has 1 aliphatic heterocycles. The molecule has 1 saturated heterocycles. The molecule has 0 radical (unpaired) electrons. The summed E-state index contributed by atoms with van der Waals surface area (Å²) in [6.45, 7) is 0. The SMILES string of the molecule is COc1ccc(N2C(=O)CS[C@H]2c2ccccc2NC(=O)C2CCCC2)c(OC)c1. The molecular weight excluding hydrogens is 400 g/mol. The third-order valence-electron chi connectivity index (χ3n) is 5.72. The predicted octanol–water partition coefficient (Wildman–Crippen LogP) is 4.61. The smallest absolute Gasteiger partial charge is 0.238 e. The zero-order valence-electron chi connectivity index (χ0n) is 17.2. The van der Waals surface area contributed by atoms with E-state index in [0.29, 0.717) is 22.9 Å². The van der Waals surface area contributed by atoms with Crippen LogP contribution < -0.4 is 19.7 Å². The number of carbonyl (C=O) groups excluding carboxylic acids is 2. The molecule has 6 nitrogen and oxygen atoms in total. The lowest BCUT2D eigenvalue weighted by atomic mass is 10.1. The molecule has 2 amide bonds. The maximum atomic E-state index is 12.9. The molecule has 7 heteroatoms. The molecule has 30 heavy (non-hydrogen) atoms. The molecular formula is C23H26N2O4S. The number of anilines is 2. The van der Waals surface area contributed by atoms with E-state index in [2.05, 4.69) is 5.32 Å². The molecule has 2 fully saturated rings. The van der Waals surface area contributed by atoms with Gasteiger partial charge < -0.3 is 14.8 Å². The van der Waals surface area contributed by atoms with Gasteiger partial charge in [0.1, 0.15) is 16.9 Å². The molecule has 2 aromatic rings. The number of nitrogens with zero attached hydrogens (tertiary/aromatic N) is 1. The molecule has 1 heterocycles. The van der Waals surface area contributed by atoms with E-state index in [1.165, 1.54) is 0 Å². The van der Waals surface area contributed by atoms with Crippen molar-refractivity contribution in [2.45, 2.75) is 31.1 Å². The molecule has 1 saturated carbocycles. The number of rotatable bonds is 6. The summed E-state index contributed by atoms with van der Waals surface area (Å²) >= 11 is 1.55. The molecule has 1 atom stereocenters. The van der Waals surface area contributed by atoms with Gasteiger partial charge in [-0.2, -0.15) is 0 Å².